The summed E-state index contributed by atoms with van der Waals surface area (Å²) >= 11 is 0. The van der Waals surface area contributed by atoms with Crippen molar-refractivity contribution in [1.82, 2.24) is 9.78 Å². The number of rotatable bonds is 3. The Morgan fingerprint density at radius 2 is 1.15 bits per heavy atom. The summed E-state index contributed by atoms with van der Waals surface area (Å²) in [5.41, 5.74) is 2.75. The summed E-state index contributed by atoms with van der Waals surface area (Å²) in [6, 6.07) is 22.4. The van der Waals surface area contributed by atoms with Crippen LogP contribution in [0.15, 0.2) is 78.9 Å². The van der Waals surface area contributed by atoms with Crippen molar-refractivity contribution in [1.29, 1.82) is 0 Å². The van der Waals surface area contributed by atoms with Gasteiger partial charge in [-0.25, -0.2) is 4.68 Å². The molecule has 3 N–H and O–H groups in total. The second-order valence-corrected chi connectivity index (χ2v) is 5.85. The first kappa shape index (κ1) is 15.8. The van der Waals surface area contributed by atoms with Gasteiger partial charge in [-0.15, -0.1) is 0 Å². The molecule has 1 heterocycles. The predicted molar refractivity (Wildman–Crippen MR) is 99.4 cm³/mol. The minimum absolute atomic E-state index is 0.0658. The van der Waals surface area contributed by atoms with Crippen LogP contribution in [0.25, 0.3) is 28.2 Å². The number of aromatic hydroxyl groups is 3. The SMILES string of the molecule is Oc1ccccc1-c1cc(-c2ccccc2O)n(-c2ccccc2O)n1. The number of hydrogen-bond donors (Lipinski definition) is 3. The summed E-state index contributed by atoms with van der Waals surface area (Å²) in [4.78, 5) is 0. The van der Waals surface area contributed by atoms with Crippen LogP contribution in [0.1, 0.15) is 0 Å². The molecule has 0 saturated carbocycles. The molecule has 5 nitrogen and oxygen atoms in total. The van der Waals surface area contributed by atoms with Crippen molar-refractivity contribution in [3.8, 4) is 45.5 Å². The van der Waals surface area contributed by atoms with Gasteiger partial charge in [-0.3, -0.25) is 0 Å². The zero-order valence-electron chi connectivity index (χ0n) is 13.7. The van der Waals surface area contributed by atoms with Crippen LogP contribution in [-0.2, 0) is 0 Å². The van der Waals surface area contributed by atoms with E-state index >= 15 is 0 Å². The van der Waals surface area contributed by atoms with Crippen LogP contribution < -0.4 is 0 Å². The van der Waals surface area contributed by atoms with Gasteiger partial charge < -0.3 is 15.3 Å². The van der Waals surface area contributed by atoms with Crippen molar-refractivity contribution in [3.05, 3.63) is 78.9 Å². The second kappa shape index (κ2) is 6.29. The first-order chi connectivity index (χ1) is 12.6. The number of nitrogens with zero attached hydrogens (tertiary/aromatic N) is 2. The Kier molecular flexibility index (Phi) is 3.82. The van der Waals surface area contributed by atoms with Crippen molar-refractivity contribution in [2.24, 2.45) is 0 Å². The third kappa shape index (κ3) is 2.65. The van der Waals surface area contributed by atoms with Crippen LogP contribution in [0.2, 0.25) is 0 Å². The Labute approximate surface area is 150 Å². The van der Waals surface area contributed by atoms with Crippen molar-refractivity contribution < 1.29 is 15.3 Å². The molecular weight excluding hydrogens is 328 g/mol. The van der Waals surface area contributed by atoms with E-state index in [-0.39, 0.29) is 17.2 Å². The van der Waals surface area contributed by atoms with Gasteiger partial charge in [-0.05, 0) is 42.5 Å². The fraction of sp³-hybridized carbons (Fsp3) is 0. The number of aromatic nitrogens is 2. The Morgan fingerprint density at radius 3 is 1.77 bits per heavy atom. The minimum Gasteiger partial charge on any atom is -0.507 e. The van der Waals surface area contributed by atoms with Gasteiger partial charge in [0.05, 0.1) is 11.4 Å². The number of phenolic OH excluding ortho intramolecular Hbond substituents is 3. The molecule has 0 aliphatic rings. The van der Waals surface area contributed by atoms with Gasteiger partial charge in [0.2, 0.25) is 0 Å². The molecule has 0 atom stereocenters. The molecule has 0 bridgehead atoms. The molecule has 0 aliphatic carbocycles. The molecule has 4 rings (SSSR count). The fourth-order valence-electron chi connectivity index (χ4n) is 2.91. The molecule has 0 unspecified atom stereocenters. The number of para-hydroxylation sites is 4. The first-order valence-corrected chi connectivity index (χ1v) is 8.10. The summed E-state index contributed by atoms with van der Waals surface area (Å²) in [6.45, 7) is 0. The fourth-order valence-corrected chi connectivity index (χ4v) is 2.91. The van der Waals surface area contributed by atoms with Crippen LogP contribution in [0.4, 0.5) is 0 Å². The van der Waals surface area contributed by atoms with Gasteiger partial charge in [0, 0.05) is 11.1 Å². The van der Waals surface area contributed by atoms with Crippen LogP contribution in [0.3, 0.4) is 0 Å². The van der Waals surface area contributed by atoms with Gasteiger partial charge in [0.25, 0.3) is 0 Å². The Balaban J connectivity index is 1.99. The predicted octanol–water partition coefficient (Wildman–Crippen LogP) is 4.32. The summed E-state index contributed by atoms with van der Waals surface area (Å²) in [5, 5.41) is 35.3. The molecule has 4 aromatic rings. The van der Waals surface area contributed by atoms with Crippen molar-refractivity contribution in [2.45, 2.75) is 0 Å². The van der Waals surface area contributed by atoms with Gasteiger partial charge >= 0.3 is 0 Å². The van der Waals surface area contributed by atoms with Crippen LogP contribution in [-0.4, -0.2) is 25.1 Å². The molecule has 0 amide bonds. The molecule has 0 spiro atoms. The maximum absolute atomic E-state index is 10.3. The zero-order valence-corrected chi connectivity index (χ0v) is 13.7. The Bertz CT molecular complexity index is 1020. The number of benzene rings is 3. The van der Waals surface area contributed by atoms with E-state index in [1.54, 1.807) is 71.4 Å². The average Bonchev–Trinajstić information content (AvgIpc) is 3.07. The van der Waals surface area contributed by atoms with E-state index in [4.69, 9.17) is 0 Å². The lowest BCUT2D eigenvalue weighted by molar-refractivity contribution is 0.469. The van der Waals surface area contributed by atoms with E-state index in [2.05, 4.69) is 5.10 Å². The highest BCUT2D eigenvalue weighted by atomic mass is 16.3. The van der Waals surface area contributed by atoms with E-state index < -0.39 is 0 Å². The lowest BCUT2D eigenvalue weighted by Gasteiger charge is -2.10. The van der Waals surface area contributed by atoms with E-state index in [9.17, 15) is 15.3 Å². The Morgan fingerprint density at radius 1 is 0.615 bits per heavy atom. The number of hydrogen-bond acceptors (Lipinski definition) is 4. The average molecular weight is 344 g/mol. The zero-order chi connectivity index (χ0) is 18.1. The molecule has 0 fully saturated rings. The van der Waals surface area contributed by atoms with Crippen molar-refractivity contribution in [2.75, 3.05) is 0 Å². The van der Waals surface area contributed by atoms with E-state index in [1.165, 1.54) is 0 Å². The number of phenols is 3. The summed E-state index contributed by atoms with van der Waals surface area (Å²) in [6.07, 6.45) is 0. The highest BCUT2D eigenvalue weighted by molar-refractivity contribution is 5.76. The van der Waals surface area contributed by atoms with Gasteiger partial charge in [0.1, 0.15) is 22.9 Å². The molecule has 5 heteroatoms. The first-order valence-electron chi connectivity index (χ1n) is 8.10. The van der Waals surface area contributed by atoms with Gasteiger partial charge in [-0.1, -0.05) is 36.4 Å². The molecule has 26 heavy (non-hydrogen) atoms. The smallest absolute Gasteiger partial charge is 0.141 e. The summed E-state index contributed by atoms with van der Waals surface area (Å²) in [5.74, 6) is 0.280. The van der Waals surface area contributed by atoms with Gasteiger partial charge in [0.15, 0.2) is 0 Å². The maximum Gasteiger partial charge on any atom is 0.141 e. The summed E-state index contributed by atoms with van der Waals surface area (Å²) in [7, 11) is 0. The molecule has 1 aromatic heterocycles. The molecule has 0 aliphatic heterocycles. The highest BCUT2D eigenvalue weighted by Crippen LogP contribution is 2.37. The van der Waals surface area contributed by atoms with Crippen LogP contribution in [0, 0.1) is 0 Å². The van der Waals surface area contributed by atoms with E-state index in [1.807, 2.05) is 12.1 Å². The van der Waals surface area contributed by atoms with Crippen LogP contribution in [0.5, 0.6) is 17.2 Å². The molecule has 0 radical (unpaired) electrons. The third-order valence-corrected chi connectivity index (χ3v) is 4.18. The standard InChI is InChI=1S/C21H16N2O3/c24-19-10-4-1-7-14(19)16-13-18(15-8-2-5-11-20(15)25)23(22-16)17-9-3-6-12-21(17)26/h1-13,24-26H. The van der Waals surface area contributed by atoms with Gasteiger partial charge in [-0.2, -0.15) is 5.10 Å². The Hall–Kier alpha value is -3.73. The van der Waals surface area contributed by atoms with E-state index in [0.29, 0.717) is 28.2 Å². The normalized spacial score (nSPS) is 10.8. The quantitative estimate of drug-likeness (QED) is 0.517. The third-order valence-electron chi connectivity index (χ3n) is 4.18. The highest BCUT2D eigenvalue weighted by Gasteiger charge is 2.18. The van der Waals surface area contributed by atoms with E-state index in [0.717, 1.165) is 0 Å². The molecule has 0 saturated heterocycles. The lowest BCUT2D eigenvalue weighted by Crippen LogP contribution is -1.99. The second-order valence-electron chi connectivity index (χ2n) is 5.85. The molecule has 3 aromatic carbocycles. The maximum atomic E-state index is 10.3. The van der Waals surface area contributed by atoms with Crippen molar-refractivity contribution in [3.63, 3.8) is 0 Å². The molecule has 128 valence electrons. The minimum atomic E-state index is 0.0658. The van der Waals surface area contributed by atoms with Crippen molar-refractivity contribution >= 4 is 0 Å². The monoisotopic (exact) mass is 344 g/mol. The summed E-state index contributed by atoms with van der Waals surface area (Å²) < 4.78 is 1.56. The molecular formula is C21H16N2O3. The lowest BCUT2D eigenvalue weighted by atomic mass is 10.1. The topological polar surface area (TPSA) is 78.5 Å². The van der Waals surface area contributed by atoms with Crippen LogP contribution >= 0.6 is 0 Å². The largest absolute Gasteiger partial charge is 0.507 e.